The molecule has 0 saturated heterocycles. The Kier molecular flexibility index (Phi) is 11.3. The summed E-state index contributed by atoms with van der Waals surface area (Å²) in [5, 5.41) is 3.81. The number of nitrogens with zero attached hydrogens (tertiary/aromatic N) is 2. The van der Waals surface area contributed by atoms with E-state index in [1.807, 2.05) is 26.0 Å². The highest BCUT2D eigenvalue weighted by atomic mass is 35.5. The Morgan fingerprint density at radius 3 is 2.37 bits per heavy atom. The molecule has 7 nitrogen and oxygen atoms in total. The first-order valence-electron chi connectivity index (χ1n) is 11.6. The maximum Gasteiger partial charge on any atom is 0.242 e. The normalized spacial score (nSPS) is 12.1. The molecule has 2 amide bonds. The van der Waals surface area contributed by atoms with Crippen molar-refractivity contribution >= 4 is 50.7 Å². The Morgan fingerprint density at radius 1 is 1.06 bits per heavy atom. The highest BCUT2D eigenvalue weighted by Crippen LogP contribution is 2.23. The van der Waals surface area contributed by atoms with Gasteiger partial charge in [0.2, 0.25) is 21.8 Å². The van der Waals surface area contributed by atoms with Crippen LogP contribution in [0.3, 0.4) is 0 Å². The zero-order valence-electron chi connectivity index (χ0n) is 20.3. The molecule has 1 atom stereocenters. The van der Waals surface area contributed by atoms with Crippen molar-refractivity contribution in [1.29, 1.82) is 0 Å². The summed E-state index contributed by atoms with van der Waals surface area (Å²) in [4.78, 5) is 27.8. The summed E-state index contributed by atoms with van der Waals surface area (Å²) < 4.78 is 26.0. The van der Waals surface area contributed by atoms with Gasteiger partial charge in [0.05, 0.1) is 11.9 Å². The fourth-order valence-corrected chi connectivity index (χ4v) is 5.07. The molecule has 0 aromatic heterocycles. The first kappa shape index (κ1) is 28.9. The number of sulfonamides is 1. The van der Waals surface area contributed by atoms with Gasteiger partial charge in [-0.1, -0.05) is 61.3 Å². The van der Waals surface area contributed by atoms with E-state index in [0.29, 0.717) is 28.7 Å². The molecule has 192 valence electrons. The number of benzene rings is 2. The number of halogens is 2. The molecule has 1 N–H and O–H groups in total. The van der Waals surface area contributed by atoms with Gasteiger partial charge in [0.25, 0.3) is 0 Å². The lowest BCUT2D eigenvalue weighted by Gasteiger charge is -2.31. The maximum absolute atomic E-state index is 13.4. The third kappa shape index (κ3) is 8.70. The Balaban J connectivity index is 2.21. The standard InChI is InChI=1S/C25H33Cl2N3O4S/c1-4-15-28-25(32)23(5-2)29(18-19-10-6-7-13-22(19)27)24(31)14-9-16-30(35(3,33)34)21-12-8-11-20(26)17-21/h6-8,10-13,17,23H,4-5,9,14-16,18H2,1-3H3,(H,28,32)/t23-/m1/s1. The van der Waals surface area contributed by atoms with Gasteiger partial charge < -0.3 is 10.2 Å². The van der Waals surface area contributed by atoms with Gasteiger partial charge in [-0.25, -0.2) is 8.42 Å². The predicted octanol–water partition coefficient (Wildman–Crippen LogP) is 4.87. The summed E-state index contributed by atoms with van der Waals surface area (Å²) in [5.41, 5.74) is 1.17. The van der Waals surface area contributed by atoms with Crippen LogP contribution in [0.2, 0.25) is 10.0 Å². The molecule has 0 saturated carbocycles. The molecule has 0 aliphatic carbocycles. The highest BCUT2D eigenvalue weighted by Gasteiger charge is 2.29. The first-order valence-corrected chi connectivity index (χ1v) is 14.2. The van der Waals surface area contributed by atoms with Gasteiger partial charge in [0.1, 0.15) is 6.04 Å². The van der Waals surface area contributed by atoms with E-state index in [9.17, 15) is 18.0 Å². The SMILES string of the molecule is CCCNC(=O)[C@@H](CC)N(Cc1ccccc1Cl)C(=O)CCCN(c1cccc(Cl)c1)S(C)(=O)=O. The van der Waals surface area contributed by atoms with Crippen LogP contribution < -0.4 is 9.62 Å². The number of nitrogens with one attached hydrogen (secondary N) is 1. The van der Waals surface area contributed by atoms with Crippen molar-refractivity contribution in [3.63, 3.8) is 0 Å². The molecule has 0 fully saturated rings. The quantitative estimate of drug-likeness (QED) is 0.391. The van der Waals surface area contributed by atoms with Crippen molar-refractivity contribution in [2.75, 3.05) is 23.7 Å². The zero-order valence-corrected chi connectivity index (χ0v) is 22.7. The molecule has 2 aromatic rings. The summed E-state index contributed by atoms with van der Waals surface area (Å²) in [6.45, 7) is 4.62. The van der Waals surface area contributed by atoms with Crippen molar-refractivity contribution < 1.29 is 18.0 Å². The van der Waals surface area contributed by atoms with E-state index in [0.717, 1.165) is 18.2 Å². The molecule has 0 aliphatic heterocycles. The van der Waals surface area contributed by atoms with Crippen LogP contribution >= 0.6 is 23.2 Å². The van der Waals surface area contributed by atoms with E-state index in [1.54, 1.807) is 36.4 Å². The lowest BCUT2D eigenvalue weighted by atomic mass is 10.1. The van der Waals surface area contributed by atoms with E-state index in [1.165, 1.54) is 9.21 Å². The van der Waals surface area contributed by atoms with E-state index in [2.05, 4.69) is 5.32 Å². The number of amides is 2. The number of anilines is 1. The van der Waals surface area contributed by atoms with Crippen LogP contribution in [0.1, 0.15) is 45.1 Å². The molecular formula is C25H33Cl2N3O4S. The predicted molar refractivity (Wildman–Crippen MR) is 142 cm³/mol. The number of hydrogen-bond donors (Lipinski definition) is 1. The molecule has 0 unspecified atom stereocenters. The molecule has 0 radical (unpaired) electrons. The molecule has 0 aliphatic rings. The van der Waals surface area contributed by atoms with E-state index in [4.69, 9.17) is 23.2 Å². The molecule has 10 heteroatoms. The lowest BCUT2D eigenvalue weighted by molar-refractivity contribution is -0.141. The summed E-state index contributed by atoms with van der Waals surface area (Å²) in [6, 6.07) is 13.1. The zero-order chi connectivity index (χ0) is 26.0. The topological polar surface area (TPSA) is 86.8 Å². The largest absolute Gasteiger partial charge is 0.354 e. The number of hydrogen-bond acceptors (Lipinski definition) is 4. The summed E-state index contributed by atoms with van der Waals surface area (Å²) in [7, 11) is -3.58. The van der Waals surface area contributed by atoms with Gasteiger partial charge in [-0.05, 0) is 49.1 Å². The Morgan fingerprint density at radius 2 is 1.77 bits per heavy atom. The van der Waals surface area contributed by atoms with Crippen LogP contribution in [-0.2, 0) is 26.2 Å². The average molecular weight is 543 g/mol. The number of carbonyl (C=O) groups is 2. The molecule has 0 bridgehead atoms. The van der Waals surface area contributed by atoms with Gasteiger partial charge in [0.15, 0.2) is 0 Å². The summed E-state index contributed by atoms with van der Waals surface area (Å²) in [6.07, 6.45) is 2.67. The van der Waals surface area contributed by atoms with Crippen LogP contribution in [0, 0.1) is 0 Å². The highest BCUT2D eigenvalue weighted by molar-refractivity contribution is 7.92. The van der Waals surface area contributed by atoms with Crippen LogP contribution in [0.4, 0.5) is 5.69 Å². The fourth-order valence-electron chi connectivity index (χ4n) is 3.73. The van der Waals surface area contributed by atoms with Gasteiger partial charge >= 0.3 is 0 Å². The van der Waals surface area contributed by atoms with Gasteiger partial charge in [-0.2, -0.15) is 0 Å². The van der Waals surface area contributed by atoms with Crippen LogP contribution in [-0.4, -0.2) is 50.5 Å². The second-order valence-corrected chi connectivity index (χ2v) is 11.0. The molecule has 2 aromatic carbocycles. The Labute approximate surface area is 218 Å². The van der Waals surface area contributed by atoms with Crippen molar-refractivity contribution in [3.8, 4) is 0 Å². The van der Waals surface area contributed by atoms with Crippen molar-refractivity contribution in [2.45, 2.75) is 52.1 Å². The number of rotatable bonds is 13. The monoisotopic (exact) mass is 541 g/mol. The van der Waals surface area contributed by atoms with Crippen LogP contribution in [0.5, 0.6) is 0 Å². The number of carbonyl (C=O) groups excluding carboxylic acids is 2. The Bertz CT molecular complexity index is 1110. The van der Waals surface area contributed by atoms with Crippen molar-refractivity contribution in [3.05, 3.63) is 64.1 Å². The van der Waals surface area contributed by atoms with Gasteiger partial charge in [-0.15, -0.1) is 0 Å². The lowest BCUT2D eigenvalue weighted by Crippen LogP contribution is -2.49. The summed E-state index contributed by atoms with van der Waals surface area (Å²) >= 11 is 12.4. The molecule has 35 heavy (non-hydrogen) atoms. The van der Waals surface area contributed by atoms with Gasteiger partial charge in [0, 0.05) is 36.1 Å². The minimum atomic E-state index is -3.58. The van der Waals surface area contributed by atoms with Crippen LogP contribution in [0.15, 0.2) is 48.5 Å². The van der Waals surface area contributed by atoms with E-state index in [-0.39, 0.29) is 37.7 Å². The third-order valence-electron chi connectivity index (χ3n) is 5.48. The van der Waals surface area contributed by atoms with E-state index >= 15 is 0 Å². The fraction of sp³-hybridized carbons (Fsp3) is 0.440. The smallest absolute Gasteiger partial charge is 0.242 e. The molecule has 2 rings (SSSR count). The van der Waals surface area contributed by atoms with Crippen LogP contribution in [0.25, 0.3) is 0 Å². The molecular weight excluding hydrogens is 509 g/mol. The van der Waals surface area contributed by atoms with Gasteiger partial charge in [-0.3, -0.25) is 13.9 Å². The molecule has 0 spiro atoms. The third-order valence-corrected chi connectivity index (χ3v) is 7.28. The average Bonchev–Trinajstić information content (AvgIpc) is 2.80. The minimum absolute atomic E-state index is 0.0641. The minimum Gasteiger partial charge on any atom is -0.354 e. The second-order valence-electron chi connectivity index (χ2n) is 8.25. The summed E-state index contributed by atoms with van der Waals surface area (Å²) in [5.74, 6) is -0.464. The first-order chi connectivity index (χ1) is 16.6. The maximum atomic E-state index is 13.4. The van der Waals surface area contributed by atoms with E-state index < -0.39 is 16.1 Å². The van der Waals surface area contributed by atoms with Crippen molar-refractivity contribution in [2.24, 2.45) is 0 Å². The second kappa shape index (κ2) is 13.7. The Hall–Kier alpha value is -2.29. The molecule has 0 heterocycles. The van der Waals surface area contributed by atoms with Crippen molar-refractivity contribution in [1.82, 2.24) is 10.2 Å².